The van der Waals surface area contributed by atoms with Crippen LogP contribution in [0, 0.1) is 17.5 Å². The Labute approximate surface area is 219 Å². The van der Waals surface area contributed by atoms with E-state index in [2.05, 4.69) is 10.6 Å². The monoisotopic (exact) mass is 549 g/mol. The molecule has 0 radical (unpaired) electrons. The fraction of sp³-hybridized carbons (Fsp3) is 0.296. The molecule has 3 unspecified atom stereocenters. The molecule has 3 aromatic rings. The van der Waals surface area contributed by atoms with Crippen molar-refractivity contribution in [1.29, 1.82) is 0 Å². The Morgan fingerprint density at radius 1 is 1.00 bits per heavy atom. The summed E-state index contributed by atoms with van der Waals surface area (Å²) in [6, 6.07) is 12.0. The number of anilines is 2. The minimum atomic E-state index is -2.74. The molecule has 1 aliphatic heterocycles. The third kappa shape index (κ3) is 5.51. The molecule has 0 spiro atoms. The van der Waals surface area contributed by atoms with Gasteiger partial charge in [0.1, 0.15) is 13.0 Å². The smallest absolute Gasteiger partial charge is 0.319 e. The quantitative estimate of drug-likeness (QED) is 0.342. The molecule has 2 N–H and O–H groups in total. The highest BCUT2D eigenvalue weighted by molar-refractivity contribution is 7.70. The Morgan fingerprint density at radius 2 is 1.70 bits per heavy atom. The second-order valence-corrected chi connectivity index (χ2v) is 13.3. The lowest BCUT2D eigenvalue weighted by Gasteiger charge is -2.31. The van der Waals surface area contributed by atoms with Crippen molar-refractivity contribution in [2.75, 3.05) is 23.5 Å². The largest absolute Gasteiger partial charge is 0.362 e. The number of halogens is 4. The fourth-order valence-electron chi connectivity index (χ4n) is 4.94. The van der Waals surface area contributed by atoms with Gasteiger partial charge in [-0.05, 0) is 69.5 Å². The molecule has 1 heterocycles. The highest BCUT2D eigenvalue weighted by Gasteiger charge is 2.39. The van der Waals surface area contributed by atoms with Gasteiger partial charge in [-0.2, -0.15) is 0 Å². The Morgan fingerprint density at radius 3 is 2.38 bits per heavy atom. The van der Waals surface area contributed by atoms with E-state index in [0.29, 0.717) is 17.3 Å². The molecule has 0 aliphatic carbocycles. The second-order valence-electron chi connectivity index (χ2n) is 9.69. The summed E-state index contributed by atoms with van der Waals surface area (Å²) in [5.74, 6) is -2.70. The van der Waals surface area contributed by atoms with Gasteiger partial charge in [0.15, 0.2) is 11.6 Å². The molecule has 1 saturated heterocycles. The Kier molecular flexibility index (Phi) is 7.63. The van der Waals surface area contributed by atoms with Gasteiger partial charge in [-0.3, -0.25) is 0 Å². The summed E-state index contributed by atoms with van der Waals surface area (Å²) in [4.78, 5) is 14.3. The summed E-state index contributed by atoms with van der Waals surface area (Å²) >= 11 is 5.75. The maximum absolute atomic E-state index is 15.5. The summed E-state index contributed by atoms with van der Waals surface area (Å²) in [5, 5.41) is 5.96. The van der Waals surface area contributed by atoms with Crippen molar-refractivity contribution >= 4 is 41.5 Å². The second kappa shape index (κ2) is 10.4. The molecule has 0 bridgehead atoms. The van der Waals surface area contributed by atoms with E-state index < -0.39 is 36.7 Å². The first-order chi connectivity index (χ1) is 17.4. The van der Waals surface area contributed by atoms with Gasteiger partial charge in [-0.25, -0.2) is 18.0 Å². The van der Waals surface area contributed by atoms with Crippen LogP contribution < -0.4 is 20.8 Å². The van der Waals surface area contributed by atoms with E-state index in [1.165, 1.54) is 24.3 Å². The molecule has 3 aromatic carbocycles. The van der Waals surface area contributed by atoms with Crippen LogP contribution in [0.15, 0.2) is 54.6 Å². The van der Waals surface area contributed by atoms with Gasteiger partial charge >= 0.3 is 6.03 Å². The molecular weight excluding hydrogens is 522 g/mol. The van der Waals surface area contributed by atoms with Crippen molar-refractivity contribution in [3.05, 3.63) is 77.1 Å². The number of nitrogens with one attached hydrogen (secondary N) is 2. The van der Waals surface area contributed by atoms with Gasteiger partial charge in [0, 0.05) is 28.0 Å². The average Bonchev–Trinajstić information content (AvgIpc) is 3.09. The molecule has 37 heavy (non-hydrogen) atoms. The zero-order valence-corrected chi connectivity index (χ0v) is 22.5. The normalized spacial score (nSPS) is 19.7. The minimum absolute atomic E-state index is 0.0230. The first-order valence-corrected chi connectivity index (χ1v) is 14.8. The number of carbonyl (C=O) groups excluding carboxylic acids is 1. The lowest BCUT2D eigenvalue weighted by molar-refractivity contribution is 0.247. The van der Waals surface area contributed by atoms with Gasteiger partial charge in [0.2, 0.25) is 0 Å². The molecule has 2 amide bonds. The zero-order valence-electron chi connectivity index (χ0n) is 20.9. The third-order valence-electron chi connectivity index (χ3n) is 6.70. The van der Waals surface area contributed by atoms with E-state index in [4.69, 9.17) is 11.6 Å². The predicted molar refractivity (Wildman–Crippen MR) is 144 cm³/mol. The van der Waals surface area contributed by atoms with Gasteiger partial charge in [0.05, 0.1) is 17.4 Å². The van der Waals surface area contributed by atoms with E-state index in [1.807, 2.05) is 13.8 Å². The van der Waals surface area contributed by atoms with E-state index >= 15 is 8.78 Å². The van der Waals surface area contributed by atoms with Gasteiger partial charge in [-0.15, -0.1) is 0 Å². The average molecular weight is 550 g/mol. The Bertz CT molecular complexity index is 1400. The molecule has 1 fully saturated rings. The summed E-state index contributed by atoms with van der Waals surface area (Å²) in [6.45, 7) is 6.85. The summed E-state index contributed by atoms with van der Waals surface area (Å²) in [5.41, 5.74) is 0.486. The Balaban J connectivity index is 1.57. The SMILES string of the molecule is CC1CC(NC(=O)Nc2ccc(Cl)cc2F)C(C)N1c1ccc(-c2ccccc2P(C)(C)=O)c(F)c1F. The molecular formula is C27H28ClF3N3O2P. The van der Waals surface area contributed by atoms with Crippen LogP contribution in [0.5, 0.6) is 0 Å². The van der Waals surface area contributed by atoms with Crippen LogP contribution in [-0.4, -0.2) is 37.5 Å². The molecule has 196 valence electrons. The first kappa shape index (κ1) is 27.1. The first-order valence-electron chi connectivity index (χ1n) is 11.8. The molecule has 4 rings (SSSR count). The predicted octanol–water partition coefficient (Wildman–Crippen LogP) is 6.85. The van der Waals surface area contributed by atoms with Crippen molar-refractivity contribution in [2.24, 2.45) is 0 Å². The van der Waals surface area contributed by atoms with E-state index in [9.17, 15) is 13.8 Å². The van der Waals surface area contributed by atoms with Crippen LogP contribution in [0.3, 0.4) is 0 Å². The number of benzene rings is 3. The van der Waals surface area contributed by atoms with Crippen molar-refractivity contribution in [1.82, 2.24) is 5.32 Å². The maximum atomic E-state index is 15.5. The molecule has 1 aliphatic rings. The van der Waals surface area contributed by atoms with E-state index in [0.717, 1.165) is 6.07 Å². The number of carbonyl (C=O) groups is 1. The van der Waals surface area contributed by atoms with Crippen LogP contribution in [0.25, 0.3) is 11.1 Å². The third-order valence-corrected chi connectivity index (χ3v) is 8.49. The molecule has 5 nitrogen and oxygen atoms in total. The van der Waals surface area contributed by atoms with Crippen molar-refractivity contribution in [3.63, 3.8) is 0 Å². The molecule has 3 atom stereocenters. The van der Waals surface area contributed by atoms with Crippen LogP contribution in [0.1, 0.15) is 20.3 Å². The van der Waals surface area contributed by atoms with Crippen LogP contribution >= 0.6 is 18.7 Å². The maximum Gasteiger partial charge on any atom is 0.319 e. The number of nitrogens with zero attached hydrogens (tertiary/aromatic N) is 1. The van der Waals surface area contributed by atoms with Gasteiger partial charge < -0.3 is 20.1 Å². The molecule has 0 saturated carbocycles. The number of hydrogen-bond acceptors (Lipinski definition) is 3. The van der Waals surface area contributed by atoms with Crippen molar-refractivity contribution in [3.8, 4) is 11.1 Å². The lowest BCUT2D eigenvalue weighted by Crippen LogP contribution is -2.45. The summed E-state index contributed by atoms with van der Waals surface area (Å²) in [7, 11) is -2.74. The summed E-state index contributed by atoms with van der Waals surface area (Å²) < 4.78 is 57.7. The van der Waals surface area contributed by atoms with Gasteiger partial charge in [0.25, 0.3) is 0 Å². The zero-order chi connectivity index (χ0) is 27.1. The lowest BCUT2D eigenvalue weighted by atomic mass is 10.0. The van der Waals surface area contributed by atoms with Crippen LogP contribution in [0.2, 0.25) is 5.02 Å². The van der Waals surface area contributed by atoms with E-state index in [-0.39, 0.29) is 34.0 Å². The fourth-order valence-corrected chi connectivity index (χ4v) is 6.32. The Hall–Kier alpha value is -2.96. The van der Waals surface area contributed by atoms with Crippen LogP contribution in [-0.2, 0) is 4.57 Å². The van der Waals surface area contributed by atoms with Crippen molar-refractivity contribution < 1.29 is 22.5 Å². The number of rotatable bonds is 5. The minimum Gasteiger partial charge on any atom is -0.362 e. The van der Waals surface area contributed by atoms with Crippen LogP contribution in [0.4, 0.5) is 29.3 Å². The topological polar surface area (TPSA) is 61.4 Å². The standard InChI is InChI=1S/C27H28ClF3N3O2P/c1-15-13-22(33-27(35)32-21-11-9-17(28)14-20(21)29)16(2)34(15)23-12-10-19(25(30)26(23)31)18-7-5-6-8-24(18)37(3,4)36/h5-12,14-16,22H,13H2,1-4H3,(H2,32,33,35). The molecule has 10 heteroatoms. The number of amides is 2. The highest BCUT2D eigenvalue weighted by Crippen LogP contribution is 2.41. The van der Waals surface area contributed by atoms with Gasteiger partial charge in [-0.1, -0.05) is 35.9 Å². The number of urea groups is 1. The summed E-state index contributed by atoms with van der Waals surface area (Å²) in [6.07, 6.45) is 0.470. The van der Waals surface area contributed by atoms with E-state index in [1.54, 1.807) is 42.5 Å². The van der Waals surface area contributed by atoms with Crippen molar-refractivity contribution in [2.45, 2.75) is 38.4 Å². The molecule has 0 aromatic heterocycles. The highest BCUT2D eigenvalue weighted by atomic mass is 35.5. The number of hydrogen-bond donors (Lipinski definition) is 2.